The molecule has 126 valence electrons. The molecule has 0 radical (unpaired) electrons. The monoisotopic (exact) mass is 337 g/mol. The van der Waals surface area contributed by atoms with Gasteiger partial charge < -0.3 is 4.90 Å². The molecule has 0 fully saturated rings. The number of alkyl halides is 3. The van der Waals surface area contributed by atoms with Crippen molar-refractivity contribution in [3.8, 4) is 0 Å². The molecule has 2 aromatic rings. The Bertz CT molecular complexity index is 826. The summed E-state index contributed by atoms with van der Waals surface area (Å²) in [5.41, 5.74) is 1.33. The molecule has 1 aliphatic rings. The second-order valence-electron chi connectivity index (χ2n) is 6.07. The summed E-state index contributed by atoms with van der Waals surface area (Å²) in [6.45, 7) is 3.39. The molecular formula is C18H15F4NO. The van der Waals surface area contributed by atoms with Gasteiger partial charge >= 0.3 is 6.18 Å². The Morgan fingerprint density at radius 2 is 1.79 bits per heavy atom. The van der Waals surface area contributed by atoms with E-state index in [9.17, 15) is 22.4 Å². The van der Waals surface area contributed by atoms with Gasteiger partial charge in [-0.25, -0.2) is 4.39 Å². The lowest BCUT2D eigenvalue weighted by Gasteiger charge is -2.16. The molecule has 0 N–H and O–H groups in total. The third kappa shape index (κ3) is 2.88. The number of carbonyl (C=O) groups excluding carboxylic acids is 1. The van der Waals surface area contributed by atoms with Crippen LogP contribution in [-0.2, 0) is 19.3 Å². The largest absolute Gasteiger partial charge is 0.416 e. The molecule has 1 amide bonds. The van der Waals surface area contributed by atoms with E-state index >= 15 is 0 Å². The van der Waals surface area contributed by atoms with Crippen LogP contribution in [0, 0.1) is 19.7 Å². The molecule has 0 bridgehead atoms. The lowest BCUT2D eigenvalue weighted by molar-refractivity contribution is -0.137. The van der Waals surface area contributed by atoms with Crippen molar-refractivity contribution < 1.29 is 22.4 Å². The molecule has 0 aromatic heterocycles. The van der Waals surface area contributed by atoms with Gasteiger partial charge in [0.2, 0.25) is 0 Å². The Hall–Kier alpha value is -2.37. The zero-order chi connectivity index (χ0) is 17.6. The average molecular weight is 337 g/mol. The molecule has 0 unspecified atom stereocenters. The molecular weight excluding hydrogens is 322 g/mol. The SMILES string of the molecule is Cc1ccc(CN2Cc3cc(C(F)(F)F)cc(C)c3C2=O)cc1F. The number of amides is 1. The Morgan fingerprint density at radius 1 is 1.08 bits per heavy atom. The van der Waals surface area contributed by atoms with Crippen LogP contribution in [0.25, 0.3) is 0 Å². The highest BCUT2D eigenvalue weighted by molar-refractivity contribution is 5.99. The van der Waals surface area contributed by atoms with Crippen LogP contribution in [0.4, 0.5) is 17.6 Å². The summed E-state index contributed by atoms with van der Waals surface area (Å²) in [4.78, 5) is 13.9. The fraction of sp³-hybridized carbons (Fsp3) is 0.278. The first kappa shape index (κ1) is 16.5. The molecule has 0 aliphatic carbocycles. The first-order valence-electron chi connectivity index (χ1n) is 7.42. The summed E-state index contributed by atoms with van der Waals surface area (Å²) in [6, 6.07) is 6.69. The predicted octanol–water partition coefficient (Wildman–Crippen LogP) is 4.62. The van der Waals surface area contributed by atoms with Crippen molar-refractivity contribution in [3.63, 3.8) is 0 Å². The summed E-state index contributed by atoms with van der Waals surface area (Å²) < 4.78 is 52.4. The van der Waals surface area contributed by atoms with E-state index < -0.39 is 11.7 Å². The normalized spacial score (nSPS) is 14.2. The number of halogens is 4. The van der Waals surface area contributed by atoms with Crippen molar-refractivity contribution in [1.82, 2.24) is 4.90 Å². The Kier molecular flexibility index (Phi) is 3.86. The quantitative estimate of drug-likeness (QED) is 0.733. The van der Waals surface area contributed by atoms with Crippen LogP contribution >= 0.6 is 0 Å². The zero-order valence-electron chi connectivity index (χ0n) is 13.2. The highest BCUT2D eigenvalue weighted by Crippen LogP contribution is 2.35. The molecule has 2 aromatic carbocycles. The minimum Gasteiger partial charge on any atom is -0.330 e. The number of hydrogen-bond donors (Lipinski definition) is 0. The van der Waals surface area contributed by atoms with Gasteiger partial charge in [0, 0.05) is 18.7 Å². The van der Waals surface area contributed by atoms with E-state index in [2.05, 4.69) is 0 Å². The van der Waals surface area contributed by atoms with Gasteiger partial charge in [-0.05, 0) is 54.3 Å². The van der Waals surface area contributed by atoms with Gasteiger partial charge in [-0.1, -0.05) is 12.1 Å². The van der Waals surface area contributed by atoms with Crippen LogP contribution in [-0.4, -0.2) is 10.8 Å². The predicted molar refractivity (Wildman–Crippen MR) is 80.9 cm³/mol. The van der Waals surface area contributed by atoms with Gasteiger partial charge in [-0.2, -0.15) is 13.2 Å². The van der Waals surface area contributed by atoms with E-state index in [1.807, 2.05) is 0 Å². The second-order valence-corrected chi connectivity index (χ2v) is 6.07. The number of aryl methyl sites for hydroxylation is 2. The van der Waals surface area contributed by atoms with Gasteiger partial charge in [0.1, 0.15) is 5.82 Å². The van der Waals surface area contributed by atoms with Gasteiger partial charge in [0.25, 0.3) is 5.91 Å². The molecule has 0 saturated heterocycles. The molecule has 1 aliphatic heterocycles. The first-order chi connectivity index (χ1) is 11.2. The molecule has 2 nitrogen and oxygen atoms in total. The molecule has 0 atom stereocenters. The number of rotatable bonds is 2. The summed E-state index contributed by atoms with van der Waals surface area (Å²) >= 11 is 0. The number of fused-ring (bicyclic) bond motifs is 1. The Morgan fingerprint density at radius 3 is 2.42 bits per heavy atom. The maximum absolute atomic E-state index is 13.6. The first-order valence-corrected chi connectivity index (χ1v) is 7.42. The topological polar surface area (TPSA) is 20.3 Å². The van der Waals surface area contributed by atoms with E-state index in [0.29, 0.717) is 27.8 Å². The van der Waals surface area contributed by atoms with Crippen molar-refractivity contribution in [2.75, 3.05) is 0 Å². The summed E-state index contributed by atoms with van der Waals surface area (Å²) in [7, 11) is 0. The zero-order valence-corrected chi connectivity index (χ0v) is 13.2. The van der Waals surface area contributed by atoms with Crippen molar-refractivity contribution >= 4 is 5.91 Å². The minimum atomic E-state index is -4.45. The van der Waals surface area contributed by atoms with Crippen molar-refractivity contribution in [1.29, 1.82) is 0 Å². The molecule has 0 spiro atoms. The van der Waals surface area contributed by atoms with Gasteiger partial charge in [-0.15, -0.1) is 0 Å². The second kappa shape index (κ2) is 5.61. The van der Waals surface area contributed by atoms with E-state index in [0.717, 1.165) is 12.1 Å². The lowest BCUT2D eigenvalue weighted by Crippen LogP contribution is -2.23. The van der Waals surface area contributed by atoms with Crippen LogP contribution < -0.4 is 0 Å². The summed E-state index contributed by atoms with van der Waals surface area (Å²) in [6.07, 6.45) is -4.45. The Labute approximate surface area is 136 Å². The summed E-state index contributed by atoms with van der Waals surface area (Å²) in [5, 5.41) is 0. The molecule has 6 heteroatoms. The van der Waals surface area contributed by atoms with Gasteiger partial charge in [0.05, 0.1) is 5.56 Å². The van der Waals surface area contributed by atoms with Crippen molar-refractivity contribution in [2.24, 2.45) is 0 Å². The standard InChI is InChI=1S/C18H15F4NO/c1-10-3-4-12(6-15(10)19)8-23-9-13-7-14(18(20,21)22)5-11(2)16(13)17(23)24/h3-7H,8-9H2,1-2H3. The van der Waals surface area contributed by atoms with E-state index in [4.69, 9.17) is 0 Å². The van der Waals surface area contributed by atoms with Gasteiger partial charge in [-0.3, -0.25) is 4.79 Å². The maximum atomic E-state index is 13.6. The third-order valence-electron chi connectivity index (χ3n) is 4.22. The fourth-order valence-corrected chi connectivity index (χ4v) is 2.97. The van der Waals surface area contributed by atoms with Crippen molar-refractivity contribution in [3.05, 3.63) is 69.5 Å². The van der Waals surface area contributed by atoms with Crippen LogP contribution in [0.3, 0.4) is 0 Å². The van der Waals surface area contributed by atoms with Gasteiger partial charge in [0.15, 0.2) is 0 Å². The third-order valence-corrected chi connectivity index (χ3v) is 4.22. The number of carbonyl (C=O) groups is 1. The average Bonchev–Trinajstić information content (AvgIpc) is 2.79. The van der Waals surface area contributed by atoms with E-state index in [1.165, 1.54) is 17.9 Å². The number of hydrogen-bond acceptors (Lipinski definition) is 1. The highest BCUT2D eigenvalue weighted by Gasteiger charge is 2.35. The van der Waals surface area contributed by atoms with Crippen LogP contribution in [0.5, 0.6) is 0 Å². The van der Waals surface area contributed by atoms with Crippen LogP contribution in [0.2, 0.25) is 0 Å². The minimum absolute atomic E-state index is 0.0917. The van der Waals surface area contributed by atoms with Crippen LogP contribution in [0.15, 0.2) is 30.3 Å². The smallest absolute Gasteiger partial charge is 0.330 e. The molecule has 0 saturated carbocycles. The number of benzene rings is 2. The molecule has 24 heavy (non-hydrogen) atoms. The lowest BCUT2D eigenvalue weighted by atomic mass is 10.00. The van der Waals surface area contributed by atoms with E-state index in [1.54, 1.807) is 19.1 Å². The van der Waals surface area contributed by atoms with Crippen molar-refractivity contribution in [2.45, 2.75) is 33.1 Å². The van der Waals surface area contributed by atoms with E-state index in [-0.39, 0.29) is 24.8 Å². The Balaban J connectivity index is 1.90. The molecule has 1 heterocycles. The summed E-state index contributed by atoms with van der Waals surface area (Å²) in [5.74, 6) is -0.690. The molecule has 3 rings (SSSR count). The van der Waals surface area contributed by atoms with Crippen LogP contribution in [0.1, 0.15) is 38.2 Å². The highest BCUT2D eigenvalue weighted by atomic mass is 19.4. The maximum Gasteiger partial charge on any atom is 0.416 e. The number of nitrogens with zero attached hydrogens (tertiary/aromatic N) is 1. The fourth-order valence-electron chi connectivity index (χ4n) is 2.97.